The van der Waals surface area contributed by atoms with Crippen molar-refractivity contribution in [2.24, 2.45) is 11.3 Å². The van der Waals surface area contributed by atoms with Gasteiger partial charge in [-0.25, -0.2) is 0 Å². The smallest absolute Gasteiger partial charge is 0.0174 e. The minimum atomic E-state index is 0.569. The van der Waals surface area contributed by atoms with Gasteiger partial charge in [0, 0.05) is 19.1 Å². The second-order valence-electron chi connectivity index (χ2n) is 5.47. The Labute approximate surface area is 93.6 Å². The lowest BCUT2D eigenvalue weighted by Crippen LogP contribution is -2.46. The zero-order valence-electron chi connectivity index (χ0n) is 10.3. The first-order chi connectivity index (χ1) is 7.22. The molecular formula is C12H25N3. The van der Waals surface area contributed by atoms with E-state index in [9.17, 15) is 0 Å². The highest BCUT2D eigenvalue weighted by Crippen LogP contribution is 2.51. The van der Waals surface area contributed by atoms with E-state index in [2.05, 4.69) is 36.7 Å². The molecule has 0 spiro atoms. The Morgan fingerprint density at radius 1 is 1.40 bits per heavy atom. The van der Waals surface area contributed by atoms with Crippen LogP contribution in [0.2, 0.25) is 0 Å². The number of likely N-dealkylation sites (tertiary alicyclic amines) is 1. The maximum absolute atomic E-state index is 3.59. The van der Waals surface area contributed by atoms with Crippen molar-refractivity contribution < 1.29 is 0 Å². The van der Waals surface area contributed by atoms with Crippen LogP contribution in [0.3, 0.4) is 0 Å². The van der Waals surface area contributed by atoms with Crippen LogP contribution in [-0.4, -0.2) is 51.7 Å². The average Bonchev–Trinajstić information content (AvgIpc) is 2.85. The largest absolute Gasteiger partial charge is 0.319 e. The van der Waals surface area contributed by atoms with Crippen LogP contribution < -0.4 is 10.6 Å². The number of nitrogens with zero attached hydrogens (tertiary/aromatic N) is 1. The molecule has 15 heavy (non-hydrogen) atoms. The quantitative estimate of drug-likeness (QED) is 0.694. The average molecular weight is 211 g/mol. The Bertz CT molecular complexity index is 213. The van der Waals surface area contributed by atoms with E-state index in [0.717, 1.165) is 12.0 Å². The number of nitrogens with one attached hydrogen (secondary N) is 2. The van der Waals surface area contributed by atoms with Gasteiger partial charge in [0.05, 0.1) is 0 Å². The molecule has 88 valence electrons. The van der Waals surface area contributed by atoms with Crippen molar-refractivity contribution in [3.8, 4) is 0 Å². The lowest BCUT2D eigenvalue weighted by atomic mass is 9.85. The molecule has 1 aliphatic heterocycles. The molecule has 1 heterocycles. The van der Waals surface area contributed by atoms with Crippen LogP contribution in [0.4, 0.5) is 0 Å². The molecule has 0 aromatic carbocycles. The number of hydrogen-bond donors (Lipinski definition) is 2. The molecule has 1 saturated carbocycles. The van der Waals surface area contributed by atoms with Crippen LogP contribution in [-0.2, 0) is 0 Å². The van der Waals surface area contributed by atoms with Gasteiger partial charge in [0.25, 0.3) is 0 Å². The van der Waals surface area contributed by atoms with E-state index in [4.69, 9.17) is 0 Å². The SMILES string of the molecule is CNCC1(C(NC)C2CCN(C)C2)CC1. The maximum atomic E-state index is 3.59. The van der Waals surface area contributed by atoms with E-state index in [1.807, 2.05) is 0 Å². The van der Waals surface area contributed by atoms with Gasteiger partial charge in [-0.1, -0.05) is 0 Å². The molecule has 3 nitrogen and oxygen atoms in total. The van der Waals surface area contributed by atoms with E-state index >= 15 is 0 Å². The molecule has 2 N–H and O–H groups in total. The first kappa shape index (κ1) is 11.4. The maximum Gasteiger partial charge on any atom is 0.0174 e. The topological polar surface area (TPSA) is 27.3 Å². The van der Waals surface area contributed by atoms with Crippen molar-refractivity contribution in [2.45, 2.75) is 25.3 Å². The Morgan fingerprint density at radius 3 is 2.53 bits per heavy atom. The van der Waals surface area contributed by atoms with Crippen LogP contribution in [0.15, 0.2) is 0 Å². The Morgan fingerprint density at radius 2 is 2.13 bits per heavy atom. The van der Waals surface area contributed by atoms with Crippen molar-refractivity contribution >= 4 is 0 Å². The Kier molecular flexibility index (Phi) is 3.33. The van der Waals surface area contributed by atoms with E-state index in [1.165, 1.54) is 38.9 Å². The minimum Gasteiger partial charge on any atom is -0.319 e. The molecule has 2 rings (SSSR count). The summed E-state index contributed by atoms with van der Waals surface area (Å²) in [7, 11) is 6.46. The predicted molar refractivity (Wildman–Crippen MR) is 64.0 cm³/mol. The number of hydrogen-bond acceptors (Lipinski definition) is 3. The molecule has 1 aliphatic carbocycles. The summed E-state index contributed by atoms with van der Waals surface area (Å²) in [5.41, 5.74) is 0.569. The van der Waals surface area contributed by atoms with Crippen LogP contribution >= 0.6 is 0 Å². The fraction of sp³-hybridized carbons (Fsp3) is 1.00. The Balaban J connectivity index is 1.97. The van der Waals surface area contributed by atoms with E-state index in [0.29, 0.717) is 5.41 Å². The van der Waals surface area contributed by atoms with E-state index in [1.54, 1.807) is 0 Å². The highest BCUT2D eigenvalue weighted by Gasteiger charge is 2.51. The molecule has 0 bridgehead atoms. The standard InChI is InChI=1S/C12H25N3/c1-13-9-12(5-6-12)11(14-2)10-4-7-15(3)8-10/h10-11,13-14H,4-9H2,1-3H3. The van der Waals surface area contributed by atoms with Gasteiger partial charge < -0.3 is 15.5 Å². The van der Waals surface area contributed by atoms with Crippen LogP contribution in [0.1, 0.15) is 19.3 Å². The zero-order chi connectivity index (χ0) is 10.9. The molecule has 2 unspecified atom stereocenters. The van der Waals surface area contributed by atoms with Crippen molar-refractivity contribution in [2.75, 3.05) is 40.8 Å². The first-order valence-electron chi connectivity index (χ1n) is 6.22. The van der Waals surface area contributed by atoms with Crippen LogP contribution in [0, 0.1) is 11.3 Å². The van der Waals surface area contributed by atoms with Crippen LogP contribution in [0.25, 0.3) is 0 Å². The van der Waals surface area contributed by atoms with Gasteiger partial charge in [-0.15, -0.1) is 0 Å². The lowest BCUT2D eigenvalue weighted by molar-refractivity contribution is 0.244. The van der Waals surface area contributed by atoms with Gasteiger partial charge in [-0.05, 0) is 58.3 Å². The highest BCUT2D eigenvalue weighted by atomic mass is 15.1. The fourth-order valence-electron chi connectivity index (χ4n) is 3.39. The molecule has 0 amide bonds. The summed E-state index contributed by atoms with van der Waals surface area (Å²) in [5, 5.41) is 6.95. The summed E-state index contributed by atoms with van der Waals surface area (Å²) in [4.78, 5) is 2.46. The minimum absolute atomic E-state index is 0.569. The first-order valence-corrected chi connectivity index (χ1v) is 6.22. The molecule has 3 heteroatoms. The second kappa shape index (κ2) is 4.40. The molecule has 0 radical (unpaired) electrons. The summed E-state index contributed by atoms with van der Waals surface area (Å²) in [6.45, 7) is 3.73. The van der Waals surface area contributed by atoms with Gasteiger partial charge in [0.2, 0.25) is 0 Å². The molecule has 0 aromatic rings. The molecular weight excluding hydrogens is 186 g/mol. The second-order valence-corrected chi connectivity index (χ2v) is 5.47. The summed E-state index contributed by atoms with van der Waals surface area (Å²) >= 11 is 0. The van der Waals surface area contributed by atoms with Gasteiger partial charge in [0.1, 0.15) is 0 Å². The summed E-state index contributed by atoms with van der Waals surface area (Å²) in [6, 6.07) is 0.718. The van der Waals surface area contributed by atoms with Gasteiger partial charge in [-0.3, -0.25) is 0 Å². The molecule has 0 aromatic heterocycles. The number of rotatable bonds is 5. The van der Waals surface area contributed by atoms with Crippen molar-refractivity contribution in [3.63, 3.8) is 0 Å². The highest BCUT2D eigenvalue weighted by molar-refractivity contribution is 5.06. The van der Waals surface area contributed by atoms with Crippen LogP contribution in [0.5, 0.6) is 0 Å². The zero-order valence-corrected chi connectivity index (χ0v) is 10.3. The van der Waals surface area contributed by atoms with Crippen molar-refractivity contribution in [3.05, 3.63) is 0 Å². The molecule has 2 atom stereocenters. The summed E-state index contributed by atoms with van der Waals surface area (Å²) in [5.74, 6) is 0.857. The Hall–Kier alpha value is -0.120. The fourth-order valence-corrected chi connectivity index (χ4v) is 3.39. The van der Waals surface area contributed by atoms with Crippen molar-refractivity contribution in [1.82, 2.24) is 15.5 Å². The summed E-state index contributed by atoms with van der Waals surface area (Å²) in [6.07, 6.45) is 4.17. The normalized spacial score (nSPS) is 31.8. The van der Waals surface area contributed by atoms with E-state index in [-0.39, 0.29) is 0 Å². The van der Waals surface area contributed by atoms with E-state index < -0.39 is 0 Å². The molecule has 2 aliphatic rings. The third-order valence-corrected chi connectivity index (χ3v) is 4.29. The van der Waals surface area contributed by atoms with Gasteiger partial charge >= 0.3 is 0 Å². The van der Waals surface area contributed by atoms with Gasteiger partial charge in [0.15, 0.2) is 0 Å². The predicted octanol–water partition coefficient (Wildman–Crippen LogP) is 0.526. The third kappa shape index (κ3) is 2.19. The van der Waals surface area contributed by atoms with Crippen molar-refractivity contribution in [1.29, 1.82) is 0 Å². The molecule has 1 saturated heterocycles. The van der Waals surface area contributed by atoms with Gasteiger partial charge in [-0.2, -0.15) is 0 Å². The molecule has 2 fully saturated rings. The monoisotopic (exact) mass is 211 g/mol. The summed E-state index contributed by atoms with van der Waals surface area (Å²) < 4.78 is 0. The third-order valence-electron chi connectivity index (χ3n) is 4.29. The lowest BCUT2D eigenvalue weighted by Gasteiger charge is -2.31.